The van der Waals surface area contributed by atoms with Gasteiger partial charge in [-0.3, -0.25) is 9.59 Å². The lowest BCUT2D eigenvalue weighted by molar-refractivity contribution is -0.142. The van der Waals surface area contributed by atoms with Crippen molar-refractivity contribution >= 4 is 44.2 Å². The Morgan fingerprint density at radius 1 is 1.29 bits per heavy atom. The molecule has 8 nitrogen and oxygen atoms in total. The lowest BCUT2D eigenvalue weighted by Gasteiger charge is -2.28. The number of carbonyl (C=O) groups is 2. The number of hydrogen-bond acceptors (Lipinski definition) is 5. The average Bonchev–Trinajstić information content (AvgIpc) is 3.09. The van der Waals surface area contributed by atoms with Crippen LogP contribution in [-0.4, -0.2) is 76.0 Å². The molecule has 0 saturated carbocycles. The van der Waals surface area contributed by atoms with Crippen LogP contribution < -0.4 is 4.72 Å². The highest BCUT2D eigenvalue weighted by atomic mass is 35.5. The second kappa shape index (κ2) is 9.52. The van der Waals surface area contributed by atoms with Gasteiger partial charge >= 0.3 is 0 Å². The highest BCUT2D eigenvalue weighted by Crippen LogP contribution is 2.24. The molecule has 3 rings (SSSR count). The molecule has 1 saturated heterocycles. The number of carbonyl (C=O) groups excluding carboxylic acids is 2. The van der Waals surface area contributed by atoms with Gasteiger partial charge in [0.2, 0.25) is 21.8 Å². The largest absolute Gasteiger partial charge is 0.383 e. The second-order valence-electron chi connectivity index (χ2n) is 7.58. The molecule has 2 aromatic rings. The third kappa shape index (κ3) is 5.17. The fraction of sp³-hybridized carbons (Fsp3) is 0.429. The van der Waals surface area contributed by atoms with Gasteiger partial charge in [-0.15, -0.1) is 0 Å². The van der Waals surface area contributed by atoms with E-state index >= 15 is 0 Å². The Balaban J connectivity index is 1.71. The number of nitrogens with one attached hydrogen (secondary N) is 1. The normalized spacial score (nSPS) is 17.9. The molecule has 0 aliphatic carbocycles. The fourth-order valence-electron chi connectivity index (χ4n) is 3.60. The maximum atomic E-state index is 12.9. The summed E-state index contributed by atoms with van der Waals surface area (Å²) in [5.74, 6) is -0.626. The number of likely N-dealkylation sites (N-methyl/N-ethyl adjacent to an activating group) is 1. The first-order valence-electron chi connectivity index (χ1n) is 9.90. The lowest BCUT2D eigenvalue weighted by Crippen LogP contribution is -2.49. The van der Waals surface area contributed by atoms with E-state index in [-0.39, 0.29) is 10.8 Å². The van der Waals surface area contributed by atoms with E-state index in [1.54, 1.807) is 51.4 Å². The molecule has 0 aromatic heterocycles. The molecule has 0 bridgehead atoms. The third-order valence-electron chi connectivity index (χ3n) is 5.45. The van der Waals surface area contributed by atoms with Gasteiger partial charge in [-0.25, -0.2) is 8.42 Å². The number of sulfonamides is 1. The van der Waals surface area contributed by atoms with Crippen molar-refractivity contribution in [3.63, 3.8) is 0 Å². The maximum Gasteiger partial charge on any atom is 0.244 e. The Morgan fingerprint density at radius 2 is 1.97 bits per heavy atom. The summed E-state index contributed by atoms with van der Waals surface area (Å²) in [5.41, 5.74) is 0. The van der Waals surface area contributed by atoms with Gasteiger partial charge in [-0.2, -0.15) is 4.72 Å². The van der Waals surface area contributed by atoms with Gasteiger partial charge in [-0.05, 0) is 48.4 Å². The Labute approximate surface area is 187 Å². The summed E-state index contributed by atoms with van der Waals surface area (Å²) >= 11 is 5.98. The standard InChI is InChI=1S/C21H26ClN3O5S/c1-14(20(26)24(2)10-11-30-3)25-9-8-19(21(25)27)23-31(28,29)18-7-5-15-12-17(22)6-4-16(15)13-18/h4-7,12-14,19,23H,8-11H2,1-3H3/t14-,19-/m0/s1. The molecular weight excluding hydrogens is 442 g/mol. The Hall–Kier alpha value is -2.20. The van der Waals surface area contributed by atoms with Crippen LogP contribution in [0.5, 0.6) is 0 Å². The summed E-state index contributed by atoms with van der Waals surface area (Å²) in [6.45, 7) is 2.75. The highest BCUT2D eigenvalue weighted by molar-refractivity contribution is 7.89. The van der Waals surface area contributed by atoms with Crippen LogP contribution in [0.4, 0.5) is 0 Å². The van der Waals surface area contributed by atoms with E-state index in [1.807, 2.05) is 0 Å². The molecule has 1 fully saturated rings. The zero-order valence-electron chi connectivity index (χ0n) is 17.7. The number of nitrogens with zero attached hydrogens (tertiary/aromatic N) is 2. The summed E-state index contributed by atoms with van der Waals surface area (Å²) in [5, 5.41) is 2.11. The third-order valence-corrected chi connectivity index (χ3v) is 7.16. The van der Waals surface area contributed by atoms with Gasteiger partial charge in [0.1, 0.15) is 12.1 Å². The summed E-state index contributed by atoms with van der Waals surface area (Å²) in [6, 6.07) is 8.29. The van der Waals surface area contributed by atoms with Crippen molar-refractivity contribution < 1.29 is 22.7 Å². The van der Waals surface area contributed by atoms with Gasteiger partial charge < -0.3 is 14.5 Å². The monoisotopic (exact) mass is 467 g/mol. The molecule has 1 N–H and O–H groups in total. The van der Waals surface area contributed by atoms with Crippen molar-refractivity contribution in [3.8, 4) is 0 Å². The molecule has 2 amide bonds. The maximum absolute atomic E-state index is 12.9. The van der Waals surface area contributed by atoms with E-state index in [9.17, 15) is 18.0 Å². The molecule has 1 aliphatic heterocycles. The molecule has 0 radical (unpaired) electrons. The van der Waals surface area contributed by atoms with Crippen LogP contribution in [0, 0.1) is 0 Å². The molecule has 1 aliphatic rings. The lowest BCUT2D eigenvalue weighted by atomic mass is 10.1. The van der Waals surface area contributed by atoms with E-state index < -0.39 is 28.0 Å². The fourth-order valence-corrected chi connectivity index (χ4v) is 5.04. The topological polar surface area (TPSA) is 96.0 Å². The summed E-state index contributed by atoms with van der Waals surface area (Å²) in [6.07, 6.45) is 0.292. The summed E-state index contributed by atoms with van der Waals surface area (Å²) in [7, 11) is -0.725. The van der Waals surface area contributed by atoms with Crippen LogP contribution in [0.2, 0.25) is 5.02 Å². The molecule has 0 spiro atoms. The van der Waals surface area contributed by atoms with Crippen LogP contribution in [0.15, 0.2) is 41.3 Å². The first-order valence-corrected chi connectivity index (χ1v) is 11.8. The number of halogens is 1. The Morgan fingerprint density at radius 3 is 2.68 bits per heavy atom. The number of hydrogen-bond donors (Lipinski definition) is 1. The number of rotatable bonds is 8. The van der Waals surface area contributed by atoms with Crippen LogP contribution in [-0.2, 0) is 24.3 Å². The summed E-state index contributed by atoms with van der Waals surface area (Å²) in [4.78, 5) is 28.4. The molecule has 168 valence electrons. The van der Waals surface area contributed by atoms with Crippen LogP contribution in [0.25, 0.3) is 10.8 Å². The van der Waals surface area contributed by atoms with Crippen LogP contribution in [0.1, 0.15) is 13.3 Å². The number of ether oxygens (including phenoxy) is 1. The second-order valence-corrected chi connectivity index (χ2v) is 9.73. The molecular formula is C21H26ClN3O5S. The van der Waals surface area contributed by atoms with Gasteiger partial charge in [0.05, 0.1) is 11.5 Å². The zero-order valence-corrected chi connectivity index (χ0v) is 19.2. The van der Waals surface area contributed by atoms with Crippen LogP contribution >= 0.6 is 11.6 Å². The minimum Gasteiger partial charge on any atom is -0.383 e. The molecule has 10 heteroatoms. The van der Waals surface area contributed by atoms with E-state index in [1.165, 1.54) is 15.9 Å². The highest BCUT2D eigenvalue weighted by Gasteiger charge is 2.39. The van der Waals surface area contributed by atoms with Crippen LogP contribution in [0.3, 0.4) is 0 Å². The average molecular weight is 468 g/mol. The Kier molecular flexibility index (Phi) is 7.20. The minimum atomic E-state index is -3.92. The van der Waals surface area contributed by atoms with Crippen molar-refractivity contribution in [3.05, 3.63) is 41.4 Å². The van der Waals surface area contributed by atoms with Gasteiger partial charge in [0.25, 0.3) is 0 Å². The van der Waals surface area contributed by atoms with Gasteiger partial charge in [0, 0.05) is 32.3 Å². The first kappa shape index (κ1) is 23.5. The van der Waals surface area contributed by atoms with E-state index in [4.69, 9.17) is 16.3 Å². The number of amides is 2. The molecule has 2 atom stereocenters. The van der Waals surface area contributed by atoms with E-state index in [0.29, 0.717) is 31.1 Å². The molecule has 2 aromatic carbocycles. The van der Waals surface area contributed by atoms with Crippen molar-refractivity contribution in [2.75, 3.05) is 33.9 Å². The SMILES string of the molecule is COCCN(C)C(=O)[C@H](C)N1CC[C@H](NS(=O)(=O)c2ccc3cc(Cl)ccc3c2)C1=O. The summed E-state index contributed by atoms with van der Waals surface area (Å²) < 4.78 is 33.2. The van der Waals surface area contributed by atoms with Crippen molar-refractivity contribution in [1.29, 1.82) is 0 Å². The van der Waals surface area contributed by atoms with Crippen molar-refractivity contribution in [2.45, 2.75) is 30.3 Å². The number of fused-ring (bicyclic) bond motifs is 1. The van der Waals surface area contributed by atoms with E-state index in [0.717, 1.165) is 10.8 Å². The number of benzene rings is 2. The molecule has 0 unspecified atom stereocenters. The van der Waals surface area contributed by atoms with Crippen molar-refractivity contribution in [1.82, 2.24) is 14.5 Å². The predicted molar refractivity (Wildman–Crippen MR) is 118 cm³/mol. The zero-order chi connectivity index (χ0) is 22.8. The number of likely N-dealkylation sites (tertiary alicyclic amines) is 1. The van der Waals surface area contributed by atoms with Crippen molar-refractivity contribution in [2.24, 2.45) is 0 Å². The Bertz CT molecular complexity index is 1090. The van der Waals surface area contributed by atoms with Gasteiger partial charge in [0.15, 0.2) is 0 Å². The molecule has 1 heterocycles. The molecule has 31 heavy (non-hydrogen) atoms. The van der Waals surface area contributed by atoms with Gasteiger partial charge in [-0.1, -0.05) is 23.7 Å². The smallest absolute Gasteiger partial charge is 0.244 e. The number of methoxy groups -OCH3 is 1. The predicted octanol–water partition coefficient (Wildman–Crippen LogP) is 1.87. The first-order chi connectivity index (χ1) is 14.6. The minimum absolute atomic E-state index is 0.0667. The van der Waals surface area contributed by atoms with E-state index in [2.05, 4.69) is 4.72 Å². The quantitative estimate of drug-likeness (QED) is 0.639.